The lowest BCUT2D eigenvalue weighted by Crippen LogP contribution is -2.20. The van der Waals surface area contributed by atoms with Crippen LogP contribution in [0.15, 0.2) is 0 Å². The van der Waals surface area contributed by atoms with E-state index in [-0.39, 0.29) is 13.0 Å². The number of nitrogens with one attached hydrogen (secondary N) is 1. The first-order chi connectivity index (χ1) is 10.0. The highest BCUT2D eigenvalue weighted by Crippen LogP contribution is 2.39. The molecule has 1 heterocycles. The zero-order valence-electron chi connectivity index (χ0n) is 12.2. The Kier molecular flexibility index (Phi) is 4.97. The van der Waals surface area contributed by atoms with Gasteiger partial charge >= 0.3 is 5.97 Å². The molecule has 0 bridgehead atoms. The molecule has 0 unspecified atom stereocenters. The van der Waals surface area contributed by atoms with E-state index in [1.807, 2.05) is 0 Å². The first kappa shape index (κ1) is 15.5. The van der Waals surface area contributed by atoms with Crippen LogP contribution in [0.1, 0.15) is 42.7 Å². The molecule has 1 aromatic rings. The van der Waals surface area contributed by atoms with Gasteiger partial charge in [0.2, 0.25) is 0 Å². The van der Waals surface area contributed by atoms with Crippen molar-refractivity contribution in [1.29, 1.82) is 5.26 Å². The minimum absolute atomic E-state index is 0.238. The van der Waals surface area contributed by atoms with Crippen LogP contribution in [0.5, 0.6) is 0 Å². The minimum atomic E-state index is -0.412. The van der Waals surface area contributed by atoms with Gasteiger partial charge in [0.15, 0.2) is 6.61 Å². The number of ether oxygens (including phenoxy) is 1. The van der Waals surface area contributed by atoms with Crippen molar-refractivity contribution in [2.45, 2.75) is 39.5 Å². The Balaban J connectivity index is 2.08. The van der Waals surface area contributed by atoms with Crippen LogP contribution in [0.3, 0.4) is 0 Å². The number of nitrogens with zero attached hydrogens (tertiary/aromatic N) is 1. The summed E-state index contributed by atoms with van der Waals surface area (Å²) in [4.78, 5) is 24.0. The van der Waals surface area contributed by atoms with Crippen molar-refractivity contribution in [3.8, 4) is 6.07 Å². The van der Waals surface area contributed by atoms with Gasteiger partial charge < -0.3 is 10.1 Å². The lowest BCUT2D eigenvalue weighted by molar-refractivity contribution is -0.146. The number of esters is 1. The van der Waals surface area contributed by atoms with Gasteiger partial charge in [-0.1, -0.05) is 13.8 Å². The summed E-state index contributed by atoms with van der Waals surface area (Å²) in [5.74, 6) is -0.207. The molecule has 0 spiro atoms. The number of amides is 1. The fourth-order valence-corrected chi connectivity index (χ4v) is 3.75. The van der Waals surface area contributed by atoms with Gasteiger partial charge in [0.25, 0.3) is 5.91 Å². The molecule has 5 nitrogen and oxygen atoms in total. The molecule has 6 heteroatoms. The minimum Gasteiger partial charge on any atom is -0.456 e. The largest absolute Gasteiger partial charge is 0.456 e. The predicted molar refractivity (Wildman–Crippen MR) is 80.1 cm³/mol. The van der Waals surface area contributed by atoms with Crippen LogP contribution in [0.25, 0.3) is 0 Å². The molecule has 0 aliphatic heterocycles. The summed E-state index contributed by atoms with van der Waals surface area (Å²) in [7, 11) is 0. The van der Waals surface area contributed by atoms with E-state index in [4.69, 9.17) is 4.74 Å². The molecule has 1 aliphatic rings. The normalized spacial score (nSPS) is 16.7. The van der Waals surface area contributed by atoms with E-state index < -0.39 is 11.9 Å². The number of rotatable bonds is 4. The van der Waals surface area contributed by atoms with Crippen molar-refractivity contribution < 1.29 is 14.3 Å². The van der Waals surface area contributed by atoms with E-state index in [0.717, 1.165) is 24.8 Å². The van der Waals surface area contributed by atoms with Crippen LogP contribution in [-0.4, -0.2) is 18.5 Å². The Hall–Kier alpha value is -1.87. The highest BCUT2D eigenvalue weighted by molar-refractivity contribution is 7.16. The maximum atomic E-state index is 11.8. The topological polar surface area (TPSA) is 79.2 Å². The number of hydrogen-bond donors (Lipinski definition) is 1. The monoisotopic (exact) mass is 306 g/mol. The van der Waals surface area contributed by atoms with E-state index in [2.05, 4.69) is 18.3 Å². The molecular formula is C15H18N2O3S. The SMILES string of the molecule is CCC(=O)OCC(=O)Nc1sc2c(c1C#N)CC[C@@H](C)C2. The zero-order chi connectivity index (χ0) is 15.4. The third kappa shape index (κ3) is 3.61. The average molecular weight is 306 g/mol. The molecule has 1 amide bonds. The van der Waals surface area contributed by atoms with Crippen molar-refractivity contribution >= 4 is 28.2 Å². The first-order valence-corrected chi connectivity index (χ1v) is 7.86. The van der Waals surface area contributed by atoms with Crippen molar-refractivity contribution in [3.05, 3.63) is 16.0 Å². The Morgan fingerprint density at radius 3 is 2.95 bits per heavy atom. The first-order valence-electron chi connectivity index (χ1n) is 7.05. The molecule has 1 aromatic heterocycles. The van der Waals surface area contributed by atoms with Gasteiger partial charge in [0.05, 0.1) is 5.56 Å². The van der Waals surface area contributed by atoms with Crippen molar-refractivity contribution in [3.63, 3.8) is 0 Å². The molecule has 2 rings (SSSR count). The number of thiophene rings is 1. The summed E-state index contributed by atoms with van der Waals surface area (Å²) >= 11 is 1.46. The fourth-order valence-electron chi connectivity index (χ4n) is 2.37. The van der Waals surface area contributed by atoms with Crippen LogP contribution in [-0.2, 0) is 27.2 Å². The number of nitriles is 1. The Bertz CT molecular complexity index is 601. The number of anilines is 1. The van der Waals surface area contributed by atoms with Gasteiger partial charge in [-0.3, -0.25) is 9.59 Å². The number of hydrogen-bond acceptors (Lipinski definition) is 5. The molecule has 0 saturated heterocycles. The summed E-state index contributed by atoms with van der Waals surface area (Å²) in [6.45, 7) is 3.55. The zero-order valence-corrected chi connectivity index (χ0v) is 13.0. The average Bonchev–Trinajstić information content (AvgIpc) is 2.80. The second-order valence-corrected chi connectivity index (χ2v) is 6.34. The number of carbonyl (C=O) groups excluding carboxylic acids is 2. The van der Waals surface area contributed by atoms with Gasteiger partial charge in [0.1, 0.15) is 11.1 Å². The van der Waals surface area contributed by atoms with Gasteiger partial charge in [-0.25, -0.2) is 0 Å². The van der Waals surface area contributed by atoms with E-state index >= 15 is 0 Å². The summed E-state index contributed by atoms with van der Waals surface area (Å²) in [5, 5.41) is 12.6. The molecule has 0 radical (unpaired) electrons. The molecule has 0 saturated carbocycles. The molecule has 1 atom stereocenters. The molecular weight excluding hydrogens is 288 g/mol. The van der Waals surface area contributed by atoms with Crippen LogP contribution >= 0.6 is 11.3 Å². The third-order valence-corrected chi connectivity index (χ3v) is 4.70. The second kappa shape index (κ2) is 6.72. The second-order valence-electron chi connectivity index (χ2n) is 5.23. The lowest BCUT2D eigenvalue weighted by Gasteiger charge is -2.17. The highest BCUT2D eigenvalue weighted by Gasteiger charge is 2.24. The van der Waals surface area contributed by atoms with Gasteiger partial charge in [-0.05, 0) is 30.7 Å². The molecule has 1 aliphatic carbocycles. The van der Waals surface area contributed by atoms with E-state index in [1.165, 1.54) is 16.2 Å². The molecule has 1 N–H and O–H groups in total. The van der Waals surface area contributed by atoms with Gasteiger partial charge in [-0.2, -0.15) is 5.26 Å². The summed E-state index contributed by atoms with van der Waals surface area (Å²) in [6, 6.07) is 2.19. The van der Waals surface area contributed by atoms with Crippen LogP contribution < -0.4 is 5.32 Å². The highest BCUT2D eigenvalue weighted by atomic mass is 32.1. The molecule has 21 heavy (non-hydrogen) atoms. The summed E-state index contributed by atoms with van der Waals surface area (Å²) in [6.07, 6.45) is 3.15. The number of carbonyl (C=O) groups is 2. The van der Waals surface area contributed by atoms with E-state index in [9.17, 15) is 14.9 Å². The number of fused-ring (bicyclic) bond motifs is 1. The fraction of sp³-hybridized carbons (Fsp3) is 0.533. The van der Waals surface area contributed by atoms with E-state index in [1.54, 1.807) is 6.92 Å². The molecule has 0 aromatic carbocycles. The molecule has 0 fully saturated rings. The quantitative estimate of drug-likeness (QED) is 0.867. The van der Waals surface area contributed by atoms with Crippen molar-refractivity contribution in [2.24, 2.45) is 5.92 Å². The Morgan fingerprint density at radius 2 is 2.29 bits per heavy atom. The third-order valence-electron chi connectivity index (χ3n) is 3.53. The summed E-state index contributed by atoms with van der Waals surface area (Å²) in [5.41, 5.74) is 1.64. The Labute approximate surface area is 127 Å². The maximum absolute atomic E-state index is 11.8. The van der Waals surface area contributed by atoms with Crippen molar-refractivity contribution in [2.75, 3.05) is 11.9 Å². The van der Waals surface area contributed by atoms with Crippen LogP contribution in [0.4, 0.5) is 5.00 Å². The van der Waals surface area contributed by atoms with Crippen LogP contribution in [0, 0.1) is 17.2 Å². The van der Waals surface area contributed by atoms with Gasteiger partial charge in [-0.15, -0.1) is 11.3 Å². The Morgan fingerprint density at radius 1 is 1.52 bits per heavy atom. The molecule has 112 valence electrons. The van der Waals surface area contributed by atoms with Gasteiger partial charge in [0, 0.05) is 11.3 Å². The standard InChI is InChI=1S/C15H18N2O3S/c1-3-14(19)20-8-13(18)17-15-11(7-16)10-5-4-9(2)6-12(10)21-15/h9H,3-6,8H2,1-2H3,(H,17,18)/t9-/m1/s1. The maximum Gasteiger partial charge on any atom is 0.306 e. The van der Waals surface area contributed by atoms with Crippen LogP contribution in [0.2, 0.25) is 0 Å². The smallest absolute Gasteiger partial charge is 0.306 e. The van der Waals surface area contributed by atoms with Crippen molar-refractivity contribution in [1.82, 2.24) is 0 Å². The predicted octanol–water partition coefficient (Wildman–Crippen LogP) is 2.64. The summed E-state index contributed by atoms with van der Waals surface area (Å²) < 4.78 is 4.79. The lowest BCUT2D eigenvalue weighted by atomic mass is 9.89. The van der Waals surface area contributed by atoms with E-state index in [0.29, 0.717) is 16.5 Å².